The fourth-order valence-electron chi connectivity index (χ4n) is 3.09. The number of amides is 1. The molecule has 0 spiro atoms. The molecular formula is C20H23ClF2N2OS. The summed E-state index contributed by atoms with van der Waals surface area (Å²) in [5.74, 6) is -1.10. The minimum Gasteiger partial charge on any atom is -0.352 e. The zero-order valence-electron chi connectivity index (χ0n) is 15.0. The van der Waals surface area contributed by atoms with Crippen LogP contribution in [0, 0.1) is 17.6 Å². The van der Waals surface area contributed by atoms with Crippen LogP contribution in [0.2, 0.25) is 0 Å². The third-order valence-electron chi connectivity index (χ3n) is 4.59. The summed E-state index contributed by atoms with van der Waals surface area (Å²) < 4.78 is 27.3. The van der Waals surface area contributed by atoms with E-state index in [0.29, 0.717) is 5.92 Å². The minimum atomic E-state index is -0.654. The minimum absolute atomic E-state index is 0. The summed E-state index contributed by atoms with van der Waals surface area (Å²) >= 11 is 1.11. The van der Waals surface area contributed by atoms with Gasteiger partial charge in [-0.2, -0.15) is 0 Å². The molecule has 1 heterocycles. The van der Waals surface area contributed by atoms with Gasteiger partial charge in [-0.15, -0.1) is 24.2 Å². The van der Waals surface area contributed by atoms with E-state index in [1.165, 1.54) is 12.1 Å². The van der Waals surface area contributed by atoms with E-state index in [-0.39, 0.29) is 29.3 Å². The van der Waals surface area contributed by atoms with Crippen molar-refractivity contribution < 1.29 is 13.6 Å². The van der Waals surface area contributed by atoms with Gasteiger partial charge < -0.3 is 10.6 Å². The Bertz CT molecular complexity index is 763. The summed E-state index contributed by atoms with van der Waals surface area (Å²) in [6.45, 7) is 3.83. The number of thioether (sulfide) groups is 1. The molecule has 7 heteroatoms. The van der Waals surface area contributed by atoms with Crippen LogP contribution < -0.4 is 10.6 Å². The maximum absolute atomic E-state index is 14.1. The van der Waals surface area contributed by atoms with Crippen LogP contribution in [-0.2, 0) is 4.79 Å². The van der Waals surface area contributed by atoms with E-state index in [0.717, 1.165) is 42.9 Å². The number of carbonyl (C=O) groups is 1. The highest BCUT2D eigenvalue weighted by atomic mass is 35.5. The first kappa shape index (κ1) is 21.7. The predicted molar refractivity (Wildman–Crippen MR) is 107 cm³/mol. The Hall–Kier alpha value is -1.63. The van der Waals surface area contributed by atoms with Gasteiger partial charge in [0.2, 0.25) is 5.91 Å². The molecule has 146 valence electrons. The lowest BCUT2D eigenvalue weighted by molar-refractivity contribution is -0.121. The predicted octanol–water partition coefficient (Wildman–Crippen LogP) is 4.33. The zero-order valence-corrected chi connectivity index (χ0v) is 16.6. The number of piperidine rings is 1. The van der Waals surface area contributed by atoms with Crippen molar-refractivity contribution in [1.29, 1.82) is 0 Å². The van der Waals surface area contributed by atoms with Crippen LogP contribution in [0.5, 0.6) is 0 Å². The fraction of sp³-hybridized carbons (Fsp3) is 0.350. The molecule has 1 fully saturated rings. The fourth-order valence-corrected chi connectivity index (χ4v) is 4.13. The van der Waals surface area contributed by atoms with Gasteiger partial charge in [-0.1, -0.05) is 37.3 Å². The van der Waals surface area contributed by atoms with Crippen molar-refractivity contribution in [2.24, 2.45) is 5.92 Å². The highest BCUT2D eigenvalue weighted by Gasteiger charge is 2.28. The van der Waals surface area contributed by atoms with Crippen LogP contribution in [-0.4, -0.2) is 25.0 Å². The van der Waals surface area contributed by atoms with E-state index in [9.17, 15) is 13.6 Å². The van der Waals surface area contributed by atoms with Gasteiger partial charge in [0.05, 0.1) is 0 Å². The van der Waals surface area contributed by atoms with Gasteiger partial charge in [0.25, 0.3) is 0 Å². The van der Waals surface area contributed by atoms with Gasteiger partial charge in [-0.05, 0) is 43.1 Å². The van der Waals surface area contributed by atoms with Crippen molar-refractivity contribution in [2.45, 2.75) is 29.5 Å². The van der Waals surface area contributed by atoms with Gasteiger partial charge in [-0.3, -0.25) is 4.79 Å². The van der Waals surface area contributed by atoms with Gasteiger partial charge >= 0.3 is 0 Å². The van der Waals surface area contributed by atoms with E-state index in [4.69, 9.17) is 0 Å². The van der Waals surface area contributed by atoms with Gasteiger partial charge in [-0.25, -0.2) is 8.78 Å². The van der Waals surface area contributed by atoms with Crippen LogP contribution in [0.3, 0.4) is 0 Å². The molecule has 3 unspecified atom stereocenters. The molecule has 0 radical (unpaired) electrons. The van der Waals surface area contributed by atoms with E-state index in [1.807, 2.05) is 30.3 Å². The second-order valence-electron chi connectivity index (χ2n) is 6.57. The average Bonchev–Trinajstić information content (AvgIpc) is 2.63. The molecule has 3 atom stereocenters. The first-order valence-electron chi connectivity index (χ1n) is 8.72. The third kappa shape index (κ3) is 5.67. The smallest absolute Gasteiger partial charge is 0.238 e. The highest BCUT2D eigenvalue weighted by molar-refractivity contribution is 8.00. The SMILES string of the molecule is CC1CNCCC1NC(=O)C(Sc1ccc(F)cc1F)c1ccccc1.Cl. The molecule has 1 aliphatic heterocycles. The molecular weight excluding hydrogens is 390 g/mol. The van der Waals surface area contributed by atoms with E-state index < -0.39 is 16.9 Å². The molecule has 0 aliphatic carbocycles. The molecule has 0 bridgehead atoms. The Labute approximate surface area is 168 Å². The monoisotopic (exact) mass is 412 g/mol. The Balaban J connectivity index is 0.00000261. The molecule has 2 N–H and O–H groups in total. The van der Waals surface area contributed by atoms with Crippen molar-refractivity contribution in [1.82, 2.24) is 10.6 Å². The molecule has 1 aliphatic rings. The summed E-state index contributed by atoms with van der Waals surface area (Å²) in [6, 6.07) is 12.8. The molecule has 2 aromatic carbocycles. The Kier molecular flexibility index (Phi) is 8.07. The molecule has 2 aromatic rings. The van der Waals surface area contributed by atoms with Crippen LogP contribution in [0.1, 0.15) is 24.2 Å². The van der Waals surface area contributed by atoms with Crippen LogP contribution in [0.4, 0.5) is 8.78 Å². The quantitative estimate of drug-likeness (QED) is 0.718. The van der Waals surface area contributed by atoms with Crippen molar-refractivity contribution in [3.63, 3.8) is 0 Å². The lowest BCUT2D eigenvalue weighted by Crippen LogP contribution is -2.49. The lowest BCUT2D eigenvalue weighted by atomic mass is 9.95. The Morgan fingerprint density at radius 1 is 1.22 bits per heavy atom. The summed E-state index contributed by atoms with van der Waals surface area (Å²) in [4.78, 5) is 13.2. The van der Waals surface area contributed by atoms with E-state index >= 15 is 0 Å². The second-order valence-corrected chi connectivity index (χ2v) is 7.72. The number of benzene rings is 2. The van der Waals surface area contributed by atoms with Crippen LogP contribution in [0.15, 0.2) is 53.4 Å². The van der Waals surface area contributed by atoms with Gasteiger partial charge in [0.1, 0.15) is 16.9 Å². The average molecular weight is 413 g/mol. The second kappa shape index (κ2) is 10.1. The third-order valence-corrected chi connectivity index (χ3v) is 5.90. The number of nitrogens with one attached hydrogen (secondary N) is 2. The summed E-state index contributed by atoms with van der Waals surface area (Å²) in [6.07, 6.45) is 0.865. The largest absolute Gasteiger partial charge is 0.352 e. The standard InChI is InChI=1S/C20H22F2N2OS.ClH/c1-13-12-23-10-9-17(13)24-20(25)19(14-5-3-2-4-6-14)26-18-8-7-15(21)11-16(18)22;/h2-8,11,13,17,19,23H,9-10,12H2,1H3,(H,24,25);1H. The van der Waals surface area contributed by atoms with Crippen molar-refractivity contribution >= 4 is 30.1 Å². The summed E-state index contributed by atoms with van der Waals surface area (Å²) in [5.41, 5.74) is 0.792. The number of halogens is 3. The number of hydrogen-bond donors (Lipinski definition) is 2. The molecule has 0 saturated carbocycles. The van der Waals surface area contributed by atoms with E-state index in [1.54, 1.807) is 0 Å². The summed E-state index contributed by atoms with van der Waals surface area (Å²) in [7, 11) is 0. The topological polar surface area (TPSA) is 41.1 Å². The van der Waals surface area contributed by atoms with Crippen molar-refractivity contribution in [3.8, 4) is 0 Å². The molecule has 0 aromatic heterocycles. The Morgan fingerprint density at radius 2 is 1.96 bits per heavy atom. The Morgan fingerprint density at radius 3 is 2.63 bits per heavy atom. The number of carbonyl (C=O) groups excluding carboxylic acids is 1. The maximum Gasteiger partial charge on any atom is 0.238 e. The van der Waals surface area contributed by atoms with Gasteiger partial charge in [0.15, 0.2) is 0 Å². The van der Waals surface area contributed by atoms with Gasteiger partial charge in [0, 0.05) is 17.0 Å². The molecule has 3 nitrogen and oxygen atoms in total. The summed E-state index contributed by atoms with van der Waals surface area (Å²) in [5, 5.41) is 5.83. The van der Waals surface area contributed by atoms with Crippen LogP contribution >= 0.6 is 24.2 Å². The first-order valence-corrected chi connectivity index (χ1v) is 9.60. The molecule has 27 heavy (non-hydrogen) atoms. The van der Waals surface area contributed by atoms with E-state index in [2.05, 4.69) is 17.6 Å². The maximum atomic E-state index is 14.1. The number of hydrogen-bond acceptors (Lipinski definition) is 3. The molecule has 1 amide bonds. The first-order chi connectivity index (χ1) is 12.5. The zero-order chi connectivity index (χ0) is 18.5. The number of rotatable bonds is 5. The molecule has 1 saturated heterocycles. The van der Waals surface area contributed by atoms with Crippen molar-refractivity contribution in [3.05, 3.63) is 65.7 Å². The van der Waals surface area contributed by atoms with Crippen LogP contribution in [0.25, 0.3) is 0 Å². The highest BCUT2D eigenvalue weighted by Crippen LogP contribution is 2.37. The lowest BCUT2D eigenvalue weighted by Gasteiger charge is -2.31. The normalized spacial score (nSPS) is 20.4. The van der Waals surface area contributed by atoms with Crippen molar-refractivity contribution in [2.75, 3.05) is 13.1 Å². The molecule has 3 rings (SSSR count).